The maximum absolute atomic E-state index is 11.8. The molecule has 0 aromatic heterocycles. The summed E-state index contributed by atoms with van der Waals surface area (Å²) in [5, 5.41) is 9.54. The van der Waals surface area contributed by atoms with Crippen molar-refractivity contribution in [1.82, 2.24) is 5.48 Å². The molecule has 1 rings (SSSR count). The SMILES string of the molecule is COC[C@](CC(C)(C)C)(ONC(=O)OCc1ccccc1)C(=O)O. The molecule has 0 heterocycles. The molecule has 7 heteroatoms. The number of hydrogen-bond acceptors (Lipinski definition) is 5. The smallest absolute Gasteiger partial charge is 0.431 e. The van der Waals surface area contributed by atoms with Crippen LogP contribution >= 0.6 is 0 Å². The molecule has 0 aliphatic rings. The van der Waals surface area contributed by atoms with Crippen LogP contribution < -0.4 is 5.48 Å². The molecule has 0 bridgehead atoms. The molecule has 0 spiro atoms. The molecular formula is C17H25NO6. The van der Waals surface area contributed by atoms with Gasteiger partial charge in [0, 0.05) is 7.11 Å². The number of carboxylic acids is 1. The maximum Gasteiger partial charge on any atom is 0.431 e. The number of hydrogen-bond donors (Lipinski definition) is 2. The quantitative estimate of drug-likeness (QED) is 0.707. The van der Waals surface area contributed by atoms with Gasteiger partial charge in [0.2, 0.25) is 5.60 Å². The van der Waals surface area contributed by atoms with Gasteiger partial charge in [-0.05, 0) is 17.4 Å². The zero-order valence-electron chi connectivity index (χ0n) is 14.5. The van der Waals surface area contributed by atoms with Gasteiger partial charge in [0.1, 0.15) is 6.61 Å². The molecule has 2 N–H and O–H groups in total. The normalized spacial score (nSPS) is 13.8. The second kappa shape index (κ2) is 8.65. The van der Waals surface area contributed by atoms with Crippen molar-refractivity contribution in [2.24, 2.45) is 5.41 Å². The molecular weight excluding hydrogens is 314 g/mol. The third-order valence-electron chi connectivity index (χ3n) is 3.13. The number of aliphatic carboxylic acids is 1. The molecule has 0 aliphatic heterocycles. The van der Waals surface area contributed by atoms with E-state index in [1.54, 1.807) is 12.1 Å². The first-order chi connectivity index (χ1) is 11.2. The summed E-state index contributed by atoms with van der Waals surface area (Å²) < 4.78 is 9.98. The summed E-state index contributed by atoms with van der Waals surface area (Å²) in [6.45, 7) is 5.46. The molecule has 0 fully saturated rings. The Bertz CT molecular complexity index is 540. The summed E-state index contributed by atoms with van der Waals surface area (Å²) in [5.41, 5.74) is 0.819. The van der Waals surface area contributed by atoms with Crippen molar-refractivity contribution < 1.29 is 29.0 Å². The molecule has 7 nitrogen and oxygen atoms in total. The van der Waals surface area contributed by atoms with Gasteiger partial charge in [0.05, 0.1) is 6.61 Å². The number of benzene rings is 1. The molecule has 0 unspecified atom stereocenters. The van der Waals surface area contributed by atoms with E-state index in [0.29, 0.717) is 0 Å². The monoisotopic (exact) mass is 339 g/mol. The van der Waals surface area contributed by atoms with E-state index in [4.69, 9.17) is 14.3 Å². The van der Waals surface area contributed by atoms with E-state index in [1.807, 2.05) is 39.0 Å². The zero-order valence-corrected chi connectivity index (χ0v) is 14.5. The number of carbonyl (C=O) groups excluding carboxylic acids is 1. The van der Waals surface area contributed by atoms with E-state index >= 15 is 0 Å². The van der Waals surface area contributed by atoms with Gasteiger partial charge in [-0.15, -0.1) is 0 Å². The molecule has 1 amide bonds. The molecule has 1 atom stereocenters. The fourth-order valence-corrected chi connectivity index (χ4v) is 2.28. The fraction of sp³-hybridized carbons (Fsp3) is 0.529. The Morgan fingerprint density at radius 2 is 1.79 bits per heavy atom. The summed E-state index contributed by atoms with van der Waals surface area (Å²) in [7, 11) is 1.37. The van der Waals surface area contributed by atoms with Gasteiger partial charge < -0.3 is 14.6 Å². The van der Waals surface area contributed by atoms with Gasteiger partial charge >= 0.3 is 12.1 Å². The third-order valence-corrected chi connectivity index (χ3v) is 3.13. The Kier molecular flexibility index (Phi) is 7.18. The topological polar surface area (TPSA) is 94.1 Å². The van der Waals surface area contributed by atoms with Crippen LogP contribution in [0, 0.1) is 5.41 Å². The van der Waals surface area contributed by atoms with Crippen LogP contribution in [0.1, 0.15) is 32.8 Å². The average molecular weight is 339 g/mol. The standard InChI is InChI=1S/C17H25NO6/c1-16(2,3)11-17(12-22-4,14(19)20)24-18-15(21)23-10-13-8-6-5-7-9-13/h5-9H,10-12H2,1-4H3,(H,18,21)(H,19,20)/t17-/m0/s1. The van der Waals surface area contributed by atoms with Crippen molar-refractivity contribution in [3.05, 3.63) is 35.9 Å². The van der Waals surface area contributed by atoms with E-state index in [2.05, 4.69) is 5.48 Å². The van der Waals surface area contributed by atoms with Crippen molar-refractivity contribution in [3.8, 4) is 0 Å². The highest BCUT2D eigenvalue weighted by Gasteiger charge is 2.45. The van der Waals surface area contributed by atoms with Crippen molar-refractivity contribution in [2.75, 3.05) is 13.7 Å². The van der Waals surface area contributed by atoms with Crippen molar-refractivity contribution in [3.63, 3.8) is 0 Å². The lowest BCUT2D eigenvalue weighted by atomic mass is 9.82. The van der Waals surface area contributed by atoms with Crippen LogP contribution in [0.15, 0.2) is 30.3 Å². The average Bonchev–Trinajstić information content (AvgIpc) is 2.50. The summed E-state index contributed by atoms with van der Waals surface area (Å²) in [4.78, 5) is 28.7. The van der Waals surface area contributed by atoms with Crippen molar-refractivity contribution in [1.29, 1.82) is 0 Å². The van der Waals surface area contributed by atoms with Crippen LogP contribution in [0.25, 0.3) is 0 Å². The summed E-state index contributed by atoms with van der Waals surface area (Å²) in [6.07, 6.45) is -0.725. The highest BCUT2D eigenvalue weighted by Crippen LogP contribution is 2.30. The molecule has 0 aliphatic carbocycles. The first-order valence-corrected chi connectivity index (χ1v) is 7.55. The second-order valence-corrected chi connectivity index (χ2v) is 6.74. The van der Waals surface area contributed by atoms with Crippen LogP contribution in [0.3, 0.4) is 0 Å². The van der Waals surface area contributed by atoms with Gasteiger partial charge in [-0.3, -0.25) is 0 Å². The second-order valence-electron chi connectivity index (χ2n) is 6.74. The maximum atomic E-state index is 11.8. The lowest BCUT2D eigenvalue weighted by molar-refractivity contribution is -0.190. The van der Waals surface area contributed by atoms with E-state index in [1.165, 1.54) is 7.11 Å². The molecule has 134 valence electrons. The molecule has 1 aromatic carbocycles. The minimum Gasteiger partial charge on any atom is -0.479 e. The number of rotatable bonds is 8. The Morgan fingerprint density at radius 3 is 2.29 bits per heavy atom. The van der Waals surface area contributed by atoms with E-state index in [0.717, 1.165) is 5.56 Å². The minimum absolute atomic E-state index is 0.0552. The Labute approximate surface area is 141 Å². The van der Waals surface area contributed by atoms with Crippen molar-refractivity contribution in [2.45, 2.75) is 39.4 Å². The van der Waals surface area contributed by atoms with Crippen LogP contribution in [0.5, 0.6) is 0 Å². The number of hydroxylamine groups is 1. The predicted molar refractivity (Wildman–Crippen MR) is 87.2 cm³/mol. The van der Waals surface area contributed by atoms with Gasteiger partial charge in [-0.2, -0.15) is 5.48 Å². The number of carbonyl (C=O) groups is 2. The van der Waals surface area contributed by atoms with Crippen LogP contribution in [0.2, 0.25) is 0 Å². The number of methoxy groups -OCH3 is 1. The highest BCUT2D eigenvalue weighted by molar-refractivity contribution is 5.78. The fourth-order valence-electron chi connectivity index (χ4n) is 2.28. The van der Waals surface area contributed by atoms with E-state index in [9.17, 15) is 14.7 Å². The van der Waals surface area contributed by atoms with Gasteiger partial charge in [-0.25, -0.2) is 14.4 Å². The van der Waals surface area contributed by atoms with E-state index < -0.39 is 17.7 Å². The summed E-state index contributed by atoms with van der Waals surface area (Å²) >= 11 is 0. The van der Waals surface area contributed by atoms with Gasteiger partial charge in [0.15, 0.2) is 0 Å². The Hall–Kier alpha value is -2.12. The number of carboxylic acid groups (broad SMARTS) is 1. The predicted octanol–water partition coefficient (Wildman–Crippen LogP) is 2.75. The molecule has 0 radical (unpaired) electrons. The summed E-state index contributed by atoms with van der Waals surface area (Å²) in [5.74, 6) is -1.22. The van der Waals surface area contributed by atoms with Gasteiger partial charge in [-0.1, -0.05) is 51.1 Å². The number of nitrogens with one attached hydrogen (secondary N) is 1. The lowest BCUT2D eigenvalue weighted by Gasteiger charge is -2.33. The first kappa shape index (κ1) is 19.9. The highest BCUT2D eigenvalue weighted by atomic mass is 16.7. The Morgan fingerprint density at radius 1 is 1.17 bits per heavy atom. The number of ether oxygens (including phenoxy) is 2. The van der Waals surface area contributed by atoms with Gasteiger partial charge in [0.25, 0.3) is 0 Å². The molecule has 0 saturated heterocycles. The van der Waals surface area contributed by atoms with Crippen LogP contribution in [-0.2, 0) is 25.7 Å². The lowest BCUT2D eigenvalue weighted by Crippen LogP contribution is -2.52. The number of amides is 1. The molecule has 0 saturated carbocycles. The molecule has 1 aromatic rings. The zero-order chi connectivity index (χ0) is 18.2. The summed E-state index contributed by atoms with van der Waals surface area (Å²) in [6, 6.07) is 9.11. The third kappa shape index (κ3) is 6.55. The molecule has 24 heavy (non-hydrogen) atoms. The Balaban J connectivity index is 2.66. The van der Waals surface area contributed by atoms with Crippen molar-refractivity contribution >= 4 is 12.1 Å². The van der Waals surface area contributed by atoms with E-state index in [-0.39, 0.29) is 25.0 Å². The first-order valence-electron chi connectivity index (χ1n) is 7.55. The largest absolute Gasteiger partial charge is 0.479 e. The van der Waals surface area contributed by atoms with Crippen LogP contribution in [0.4, 0.5) is 4.79 Å². The van der Waals surface area contributed by atoms with Crippen LogP contribution in [-0.4, -0.2) is 36.5 Å². The minimum atomic E-state index is -1.70.